The predicted molar refractivity (Wildman–Crippen MR) is 193 cm³/mol. The first-order chi connectivity index (χ1) is 21.5. The summed E-state index contributed by atoms with van der Waals surface area (Å²) >= 11 is 0. The van der Waals surface area contributed by atoms with Gasteiger partial charge in [0.15, 0.2) is 0 Å². The highest BCUT2D eigenvalue weighted by atomic mass is 16.1. The SMILES string of the molecule is C=C(/C=C\c1ccccc1C)C(C)(C)\C(=C/C=C(C#N)/C=C/CC(C)(C)c1ccc2ccccc2c1NCCC=O)NCCC. The molecular weight excluding hydrogens is 550 g/mol. The van der Waals surface area contributed by atoms with Crippen LogP contribution < -0.4 is 10.6 Å². The Kier molecular flexibility index (Phi) is 12.7. The summed E-state index contributed by atoms with van der Waals surface area (Å²) in [6.07, 6.45) is 15.3. The van der Waals surface area contributed by atoms with Crippen molar-refractivity contribution in [2.24, 2.45) is 5.41 Å². The van der Waals surface area contributed by atoms with Crippen LogP contribution in [0.4, 0.5) is 5.69 Å². The van der Waals surface area contributed by atoms with Crippen molar-refractivity contribution < 1.29 is 4.79 Å². The van der Waals surface area contributed by atoms with E-state index in [1.807, 2.05) is 42.5 Å². The van der Waals surface area contributed by atoms with Crippen LogP contribution in [-0.2, 0) is 10.2 Å². The molecule has 0 saturated carbocycles. The summed E-state index contributed by atoms with van der Waals surface area (Å²) < 4.78 is 0. The smallest absolute Gasteiger partial charge is 0.121 e. The minimum Gasteiger partial charge on any atom is -0.388 e. The number of hydrogen-bond donors (Lipinski definition) is 2. The van der Waals surface area contributed by atoms with Gasteiger partial charge < -0.3 is 15.4 Å². The summed E-state index contributed by atoms with van der Waals surface area (Å²) in [4.78, 5) is 11.0. The van der Waals surface area contributed by atoms with Crippen molar-refractivity contribution in [2.75, 3.05) is 18.4 Å². The van der Waals surface area contributed by atoms with Crippen LogP contribution in [0.25, 0.3) is 16.8 Å². The molecule has 0 unspecified atom stereocenters. The van der Waals surface area contributed by atoms with E-state index in [-0.39, 0.29) is 10.8 Å². The molecule has 45 heavy (non-hydrogen) atoms. The Morgan fingerprint density at radius 3 is 2.40 bits per heavy atom. The zero-order valence-electron chi connectivity index (χ0n) is 27.9. The molecule has 234 valence electrons. The lowest BCUT2D eigenvalue weighted by Crippen LogP contribution is -2.28. The summed E-state index contributed by atoms with van der Waals surface area (Å²) in [5.41, 5.74) is 6.67. The van der Waals surface area contributed by atoms with Gasteiger partial charge in [0, 0.05) is 41.7 Å². The number of hydrogen-bond acceptors (Lipinski definition) is 4. The topological polar surface area (TPSA) is 64.9 Å². The van der Waals surface area contributed by atoms with E-state index >= 15 is 0 Å². The lowest BCUT2D eigenvalue weighted by Gasteiger charge is -2.30. The fourth-order valence-electron chi connectivity index (χ4n) is 5.27. The molecule has 0 aliphatic rings. The van der Waals surface area contributed by atoms with Gasteiger partial charge in [0.2, 0.25) is 0 Å². The van der Waals surface area contributed by atoms with Gasteiger partial charge in [-0.15, -0.1) is 0 Å². The number of aldehydes is 1. The summed E-state index contributed by atoms with van der Waals surface area (Å²) in [6.45, 7) is 18.8. The second-order valence-corrected chi connectivity index (χ2v) is 12.7. The number of nitrogens with zero attached hydrogens (tertiary/aromatic N) is 1. The zero-order valence-corrected chi connectivity index (χ0v) is 27.9. The molecule has 0 bridgehead atoms. The summed E-state index contributed by atoms with van der Waals surface area (Å²) in [5, 5.41) is 19.4. The van der Waals surface area contributed by atoms with Crippen LogP contribution in [0.5, 0.6) is 0 Å². The number of aryl methyl sites for hydroxylation is 1. The second kappa shape index (κ2) is 16.5. The Labute approximate surface area is 270 Å². The fourth-order valence-corrected chi connectivity index (χ4v) is 5.27. The minimum atomic E-state index is -0.361. The summed E-state index contributed by atoms with van der Waals surface area (Å²) in [6, 6.07) is 23.3. The first kappa shape index (κ1) is 34.9. The summed E-state index contributed by atoms with van der Waals surface area (Å²) in [5.74, 6) is 0. The third-order valence-electron chi connectivity index (χ3n) is 8.40. The lowest BCUT2D eigenvalue weighted by molar-refractivity contribution is -0.107. The molecule has 0 aromatic heterocycles. The number of nitriles is 1. The molecule has 4 heteroatoms. The van der Waals surface area contributed by atoms with Crippen LogP contribution in [0.15, 0.2) is 114 Å². The molecular formula is C41H49N3O. The van der Waals surface area contributed by atoms with E-state index in [0.29, 0.717) is 18.5 Å². The van der Waals surface area contributed by atoms with E-state index in [0.717, 1.165) is 53.4 Å². The molecule has 0 spiro atoms. The summed E-state index contributed by atoms with van der Waals surface area (Å²) in [7, 11) is 0. The van der Waals surface area contributed by atoms with Crippen molar-refractivity contribution in [3.8, 4) is 6.07 Å². The van der Waals surface area contributed by atoms with Crippen molar-refractivity contribution in [3.63, 3.8) is 0 Å². The maximum absolute atomic E-state index is 11.0. The average molecular weight is 600 g/mol. The minimum absolute atomic E-state index is 0.211. The number of allylic oxidation sites excluding steroid dienone is 7. The molecule has 0 saturated heterocycles. The Bertz CT molecular complexity index is 1640. The molecule has 2 N–H and O–H groups in total. The van der Waals surface area contributed by atoms with Crippen molar-refractivity contribution in [1.29, 1.82) is 5.26 Å². The maximum atomic E-state index is 11.0. The van der Waals surface area contributed by atoms with Gasteiger partial charge in [-0.25, -0.2) is 0 Å². The van der Waals surface area contributed by atoms with Gasteiger partial charge in [-0.3, -0.25) is 0 Å². The monoisotopic (exact) mass is 599 g/mol. The highest BCUT2D eigenvalue weighted by Gasteiger charge is 2.26. The number of carbonyl (C=O) groups excluding carboxylic acids is 1. The van der Waals surface area contributed by atoms with E-state index in [4.69, 9.17) is 0 Å². The Balaban J connectivity index is 1.85. The van der Waals surface area contributed by atoms with Gasteiger partial charge in [0.1, 0.15) is 6.29 Å². The fraction of sp³-hybridized carbons (Fsp3) is 0.317. The van der Waals surface area contributed by atoms with E-state index in [1.165, 1.54) is 16.7 Å². The van der Waals surface area contributed by atoms with Crippen LogP contribution in [-0.4, -0.2) is 19.4 Å². The molecule has 3 aromatic carbocycles. The van der Waals surface area contributed by atoms with E-state index in [1.54, 1.807) is 0 Å². The zero-order chi connectivity index (χ0) is 32.9. The molecule has 0 heterocycles. The largest absolute Gasteiger partial charge is 0.388 e. The first-order valence-electron chi connectivity index (χ1n) is 15.9. The number of anilines is 1. The van der Waals surface area contributed by atoms with Gasteiger partial charge >= 0.3 is 0 Å². The van der Waals surface area contributed by atoms with Crippen molar-refractivity contribution in [2.45, 2.75) is 66.2 Å². The average Bonchev–Trinajstić information content (AvgIpc) is 3.03. The van der Waals surface area contributed by atoms with Crippen LogP contribution in [0.3, 0.4) is 0 Å². The number of nitrogens with one attached hydrogen (secondary N) is 2. The van der Waals surface area contributed by atoms with Crippen LogP contribution in [0.2, 0.25) is 0 Å². The molecule has 3 aromatic rings. The molecule has 0 amide bonds. The first-order valence-corrected chi connectivity index (χ1v) is 15.9. The molecule has 0 radical (unpaired) electrons. The van der Waals surface area contributed by atoms with Gasteiger partial charge in [0.05, 0.1) is 11.6 Å². The van der Waals surface area contributed by atoms with Gasteiger partial charge in [-0.2, -0.15) is 5.26 Å². The lowest BCUT2D eigenvalue weighted by atomic mass is 9.79. The van der Waals surface area contributed by atoms with Crippen LogP contribution in [0.1, 0.15) is 70.6 Å². The van der Waals surface area contributed by atoms with Crippen LogP contribution in [0, 0.1) is 23.7 Å². The normalized spacial score (nSPS) is 12.9. The quantitative estimate of drug-likeness (QED) is 0.0744. The predicted octanol–water partition coefficient (Wildman–Crippen LogP) is 10.0. The second-order valence-electron chi connectivity index (χ2n) is 12.7. The Morgan fingerprint density at radius 2 is 1.69 bits per heavy atom. The van der Waals surface area contributed by atoms with Crippen molar-refractivity contribution >= 4 is 28.8 Å². The third kappa shape index (κ3) is 9.43. The molecule has 0 aliphatic heterocycles. The molecule has 0 fully saturated rings. The number of rotatable bonds is 16. The number of fused-ring (bicyclic) bond motifs is 1. The Hall–Kier alpha value is -4.62. The van der Waals surface area contributed by atoms with E-state index in [9.17, 15) is 10.1 Å². The standard InChI is InChI=1S/C41H49N3O/c1-8-27-43-38(41(6,7)32(3)20-22-34-17-10-9-15-31(34)2)25-21-33(30-42)16-13-26-40(4,5)37-24-23-35-18-11-12-19-36(35)39(37)44-28-14-29-45/h9-13,15-25,29,43-44H,3,8,14,26-28H2,1-2,4-7H3/b16-13+,22-20-,33-21-,38-25+. The van der Waals surface area contributed by atoms with Crippen LogP contribution >= 0.6 is 0 Å². The number of carbonyl (C=O) groups is 1. The molecule has 0 aliphatic carbocycles. The Morgan fingerprint density at radius 1 is 0.956 bits per heavy atom. The van der Waals surface area contributed by atoms with Crippen molar-refractivity contribution in [3.05, 3.63) is 131 Å². The highest BCUT2D eigenvalue weighted by Crippen LogP contribution is 2.38. The number of benzene rings is 3. The molecule has 4 nitrogen and oxygen atoms in total. The van der Waals surface area contributed by atoms with Gasteiger partial charge in [-0.1, -0.05) is 120 Å². The van der Waals surface area contributed by atoms with Gasteiger partial charge in [-0.05, 0) is 71.1 Å². The molecule has 3 rings (SSSR count). The highest BCUT2D eigenvalue weighted by molar-refractivity contribution is 5.96. The van der Waals surface area contributed by atoms with E-state index < -0.39 is 0 Å². The third-order valence-corrected chi connectivity index (χ3v) is 8.40. The van der Waals surface area contributed by atoms with Gasteiger partial charge in [0.25, 0.3) is 0 Å². The molecule has 0 atom stereocenters. The van der Waals surface area contributed by atoms with Crippen molar-refractivity contribution in [1.82, 2.24) is 5.32 Å². The maximum Gasteiger partial charge on any atom is 0.121 e. The van der Waals surface area contributed by atoms with E-state index in [2.05, 4.69) is 119 Å².